The van der Waals surface area contributed by atoms with E-state index in [-0.39, 0.29) is 22.3 Å². The molecule has 0 fully saturated rings. The summed E-state index contributed by atoms with van der Waals surface area (Å²) < 4.78 is 5.82. The average molecular weight is 403 g/mol. The Morgan fingerprint density at radius 2 is 1.28 bits per heavy atom. The second kappa shape index (κ2) is 12.6. The van der Waals surface area contributed by atoms with Gasteiger partial charge >= 0.3 is 0 Å². The Kier molecular flexibility index (Phi) is 10.1. The molecule has 0 aliphatic heterocycles. The summed E-state index contributed by atoms with van der Waals surface area (Å²) >= 11 is 0. The van der Waals surface area contributed by atoms with Crippen molar-refractivity contribution in [2.45, 2.75) is 104 Å². The van der Waals surface area contributed by atoms with Crippen LogP contribution in [0.15, 0.2) is 21.3 Å². The van der Waals surface area contributed by atoms with E-state index in [1.165, 1.54) is 82.8 Å². The van der Waals surface area contributed by atoms with Crippen LogP contribution in [0.25, 0.3) is 11.0 Å². The predicted octanol–water partition coefficient (Wildman–Crippen LogP) is 7.15. The number of benzene rings is 1. The second-order valence-electron chi connectivity index (χ2n) is 8.31. The second-order valence-corrected chi connectivity index (χ2v) is 8.31. The molecule has 0 bridgehead atoms. The van der Waals surface area contributed by atoms with E-state index in [1.807, 2.05) is 0 Å². The van der Waals surface area contributed by atoms with Crippen LogP contribution in [0.5, 0.6) is 11.5 Å². The Labute approximate surface area is 175 Å². The molecule has 0 saturated carbocycles. The number of phenols is 2. The molecule has 4 heteroatoms. The summed E-state index contributed by atoms with van der Waals surface area (Å²) in [6.07, 6.45) is 17.6. The molecule has 0 aliphatic rings. The maximum atomic E-state index is 12.3. The van der Waals surface area contributed by atoms with Crippen molar-refractivity contribution in [2.24, 2.45) is 0 Å². The molecule has 0 spiro atoms. The number of phenolic OH excluding ortho intramolecular Hbond substituents is 2. The molecule has 0 saturated heterocycles. The number of rotatable bonds is 14. The molecule has 29 heavy (non-hydrogen) atoms. The van der Waals surface area contributed by atoms with Crippen LogP contribution in [0.2, 0.25) is 0 Å². The highest BCUT2D eigenvalue weighted by molar-refractivity contribution is 5.87. The Morgan fingerprint density at radius 3 is 1.83 bits per heavy atom. The highest BCUT2D eigenvalue weighted by Gasteiger charge is 2.14. The van der Waals surface area contributed by atoms with E-state index in [1.54, 1.807) is 6.92 Å². The van der Waals surface area contributed by atoms with Crippen molar-refractivity contribution in [1.82, 2.24) is 0 Å². The van der Waals surface area contributed by atoms with Gasteiger partial charge < -0.3 is 14.6 Å². The number of hydrogen-bond donors (Lipinski definition) is 2. The van der Waals surface area contributed by atoms with E-state index in [4.69, 9.17) is 4.42 Å². The quantitative estimate of drug-likeness (QED) is 0.329. The summed E-state index contributed by atoms with van der Waals surface area (Å²) in [6.45, 7) is 3.95. The van der Waals surface area contributed by atoms with Gasteiger partial charge in [-0.1, -0.05) is 84.0 Å². The summed E-state index contributed by atoms with van der Waals surface area (Å²) in [5, 5.41) is 19.9. The van der Waals surface area contributed by atoms with Gasteiger partial charge in [-0.05, 0) is 13.3 Å². The minimum absolute atomic E-state index is 0.0590. The fourth-order valence-corrected chi connectivity index (χ4v) is 3.91. The Morgan fingerprint density at radius 1 is 0.759 bits per heavy atom. The van der Waals surface area contributed by atoms with Crippen LogP contribution in [0.1, 0.15) is 102 Å². The Balaban J connectivity index is 1.64. The number of aromatic hydroxyl groups is 2. The number of aryl methyl sites for hydroxylation is 2. The molecule has 2 N–H and O–H groups in total. The molecular formula is C25H38O4. The molecule has 2 rings (SSSR count). The van der Waals surface area contributed by atoms with Crippen LogP contribution in [-0.2, 0) is 6.42 Å². The first kappa shape index (κ1) is 23.3. The van der Waals surface area contributed by atoms with E-state index < -0.39 is 0 Å². The largest absolute Gasteiger partial charge is 0.507 e. The van der Waals surface area contributed by atoms with Crippen molar-refractivity contribution in [3.8, 4) is 11.5 Å². The standard InChI is InChI=1S/C25H38O4/c1-3-4-5-6-7-8-9-10-11-12-13-14-15-16-20-17-22(27)24-23(28)18-21(26)19(2)25(24)29-20/h17-18,26,28H,3-16H2,1-2H3. The number of fused-ring (bicyclic) bond motifs is 1. The molecule has 0 radical (unpaired) electrons. The first-order valence-electron chi connectivity index (χ1n) is 11.5. The molecule has 0 amide bonds. The van der Waals surface area contributed by atoms with Gasteiger partial charge in [0.1, 0.15) is 28.2 Å². The van der Waals surface area contributed by atoms with Gasteiger partial charge in [0, 0.05) is 24.1 Å². The third kappa shape index (κ3) is 7.41. The summed E-state index contributed by atoms with van der Waals surface area (Å²) in [6, 6.07) is 2.67. The van der Waals surface area contributed by atoms with Crippen molar-refractivity contribution < 1.29 is 14.6 Å². The molecule has 2 aromatic rings. The van der Waals surface area contributed by atoms with Crippen LogP contribution < -0.4 is 5.43 Å². The third-order valence-electron chi connectivity index (χ3n) is 5.78. The van der Waals surface area contributed by atoms with E-state index >= 15 is 0 Å². The van der Waals surface area contributed by atoms with Crippen LogP contribution in [0, 0.1) is 6.92 Å². The Bertz CT molecular complexity index is 807. The fourth-order valence-electron chi connectivity index (χ4n) is 3.91. The molecule has 1 aromatic carbocycles. The minimum atomic E-state index is -0.253. The average Bonchev–Trinajstić information content (AvgIpc) is 2.69. The summed E-state index contributed by atoms with van der Waals surface area (Å²) in [5.41, 5.74) is 0.526. The molecule has 1 heterocycles. The van der Waals surface area contributed by atoms with Gasteiger partial charge in [-0.25, -0.2) is 0 Å². The summed E-state index contributed by atoms with van der Waals surface area (Å²) in [4.78, 5) is 12.3. The van der Waals surface area contributed by atoms with Crippen molar-refractivity contribution >= 4 is 11.0 Å². The van der Waals surface area contributed by atoms with Crippen molar-refractivity contribution in [1.29, 1.82) is 0 Å². The zero-order valence-corrected chi connectivity index (χ0v) is 18.3. The van der Waals surface area contributed by atoms with E-state index in [9.17, 15) is 15.0 Å². The van der Waals surface area contributed by atoms with E-state index in [0.29, 0.717) is 23.3 Å². The van der Waals surface area contributed by atoms with Crippen LogP contribution in [0.3, 0.4) is 0 Å². The van der Waals surface area contributed by atoms with E-state index in [2.05, 4.69) is 6.92 Å². The van der Waals surface area contributed by atoms with Crippen LogP contribution in [0.4, 0.5) is 0 Å². The molecule has 0 atom stereocenters. The van der Waals surface area contributed by atoms with Gasteiger partial charge in [0.25, 0.3) is 0 Å². The van der Waals surface area contributed by atoms with Gasteiger partial charge in [0.15, 0.2) is 5.43 Å². The highest BCUT2D eigenvalue weighted by atomic mass is 16.3. The zero-order valence-electron chi connectivity index (χ0n) is 18.3. The first-order valence-corrected chi connectivity index (χ1v) is 11.5. The number of unbranched alkanes of at least 4 members (excludes halogenated alkanes) is 12. The monoisotopic (exact) mass is 402 g/mol. The maximum Gasteiger partial charge on any atom is 0.196 e. The molecule has 0 aliphatic carbocycles. The smallest absolute Gasteiger partial charge is 0.196 e. The maximum absolute atomic E-state index is 12.3. The molecule has 1 aromatic heterocycles. The van der Waals surface area contributed by atoms with Gasteiger partial charge in [-0.2, -0.15) is 0 Å². The van der Waals surface area contributed by atoms with Crippen molar-refractivity contribution in [3.05, 3.63) is 33.7 Å². The van der Waals surface area contributed by atoms with Gasteiger partial charge in [-0.3, -0.25) is 4.79 Å². The van der Waals surface area contributed by atoms with E-state index in [0.717, 1.165) is 12.8 Å². The van der Waals surface area contributed by atoms with Crippen molar-refractivity contribution in [2.75, 3.05) is 0 Å². The van der Waals surface area contributed by atoms with Crippen LogP contribution >= 0.6 is 0 Å². The molecular weight excluding hydrogens is 364 g/mol. The third-order valence-corrected chi connectivity index (χ3v) is 5.78. The molecule has 4 nitrogen and oxygen atoms in total. The van der Waals surface area contributed by atoms with Gasteiger partial charge in [0.05, 0.1) is 0 Å². The summed E-state index contributed by atoms with van der Waals surface area (Å²) in [5.74, 6) is 0.333. The lowest BCUT2D eigenvalue weighted by molar-refractivity contribution is 0.446. The highest BCUT2D eigenvalue weighted by Crippen LogP contribution is 2.32. The molecule has 0 unspecified atom stereocenters. The first-order chi connectivity index (χ1) is 14.0. The molecule has 162 valence electrons. The lowest BCUT2D eigenvalue weighted by Crippen LogP contribution is -2.03. The lowest BCUT2D eigenvalue weighted by Gasteiger charge is -2.08. The summed E-state index contributed by atoms with van der Waals surface area (Å²) in [7, 11) is 0. The lowest BCUT2D eigenvalue weighted by atomic mass is 10.0. The SMILES string of the molecule is CCCCCCCCCCCCCCCc1cc(=O)c2c(O)cc(O)c(C)c2o1. The number of hydrogen-bond acceptors (Lipinski definition) is 4. The van der Waals surface area contributed by atoms with Gasteiger partial charge in [0.2, 0.25) is 0 Å². The topological polar surface area (TPSA) is 70.7 Å². The van der Waals surface area contributed by atoms with Gasteiger partial charge in [-0.15, -0.1) is 0 Å². The normalized spacial score (nSPS) is 11.4. The minimum Gasteiger partial charge on any atom is -0.507 e. The fraction of sp³-hybridized carbons (Fsp3) is 0.640. The van der Waals surface area contributed by atoms with Crippen molar-refractivity contribution in [3.63, 3.8) is 0 Å². The predicted molar refractivity (Wildman–Crippen MR) is 120 cm³/mol. The zero-order chi connectivity index (χ0) is 21.1. The van der Waals surface area contributed by atoms with Crippen LogP contribution in [-0.4, -0.2) is 10.2 Å². The Hall–Kier alpha value is -1.97.